The Hall–Kier alpha value is -1.56. The molecule has 1 aromatic rings. The molecule has 2 atom stereocenters. The third-order valence-corrected chi connectivity index (χ3v) is 2.10. The molecule has 1 rings (SSSR count). The van der Waals surface area contributed by atoms with E-state index in [2.05, 4.69) is 4.74 Å². The molecule has 0 heterocycles. The van der Waals surface area contributed by atoms with Crippen molar-refractivity contribution >= 4 is 5.97 Å². The van der Waals surface area contributed by atoms with Crippen LogP contribution in [0.4, 0.5) is 13.2 Å². The van der Waals surface area contributed by atoms with Crippen LogP contribution in [0.3, 0.4) is 0 Å². The zero-order chi connectivity index (χ0) is 13.0. The van der Waals surface area contributed by atoms with Gasteiger partial charge in [0.1, 0.15) is 11.6 Å². The molecule has 1 unspecified atom stereocenters. The fraction of sp³-hybridized carbons (Fsp3) is 0.364. The van der Waals surface area contributed by atoms with Crippen LogP contribution < -0.4 is 5.73 Å². The number of halogens is 3. The van der Waals surface area contributed by atoms with Gasteiger partial charge in [-0.1, -0.05) is 0 Å². The van der Waals surface area contributed by atoms with Gasteiger partial charge in [0.25, 0.3) is 0 Å². The number of carbonyl (C=O) groups is 1. The summed E-state index contributed by atoms with van der Waals surface area (Å²) in [5.74, 6) is -2.91. The molecule has 17 heavy (non-hydrogen) atoms. The average Bonchev–Trinajstić information content (AvgIpc) is 2.26. The van der Waals surface area contributed by atoms with Gasteiger partial charge in [-0.25, -0.2) is 18.0 Å². The van der Waals surface area contributed by atoms with Crippen molar-refractivity contribution in [3.63, 3.8) is 0 Å². The second-order valence-corrected chi connectivity index (χ2v) is 3.38. The van der Waals surface area contributed by atoms with E-state index in [1.807, 2.05) is 0 Å². The number of nitrogens with two attached hydrogens (primary N) is 1. The normalized spacial score (nSPS) is 14.2. The van der Waals surface area contributed by atoms with Crippen LogP contribution in [-0.4, -0.2) is 18.7 Å². The summed E-state index contributed by atoms with van der Waals surface area (Å²) in [5, 5.41) is 0. The van der Waals surface area contributed by atoms with Gasteiger partial charge in [-0.15, -0.1) is 0 Å². The fourth-order valence-electron chi connectivity index (χ4n) is 1.31. The molecule has 0 aliphatic heterocycles. The molecule has 0 saturated carbocycles. The lowest BCUT2D eigenvalue weighted by Gasteiger charge is -2.15. The second kappa shape index (κ2) is 5.67. The number of benzene rings is 1. The zero-order valence-electron chi connectivity index (χ0n) is 9.12. The summed E-state index contributed by atoms with van der Waals surface area (Å²) in [6.07, 6.45) is -2.16. The number of esters is 1. The molecule has 0 spiro atoms. The first-order chi connectivity index (χ1) is 7.95. The number of hydrogen-bond donors (Lipinski definition) is 1. The predicted octanol–water partition coefficient (Wildman–Crippen LogP) is 1.87. The van der Waals surface area contributed by atoms with Crippen LogP contribution in [-0.2, 0) is 9.53 Å². The van der Waals surface area contributed by atoms with Gasteiger partial charge in [0.15, 0.2) is 0 Å². The molecule has 0 radical (unpaired) electrons. The summed E-state index contributed by atoms with van der Waals surface area (Å²) in [7, 11) is 0. The van der Waals surface area contributed by atoms with Crippen LogP contribution in [0.25, 0.3) is 0 Å². The topological polar surface area (TPSA) is 52.3 Å². The molecule has 6 heteroatoms. The van der Waals surface area contributed by atoms with Crippen molar-refractivity contribution in [1.82, 2.24) is 0 Å². The Morgan fingerprint density at radius 3 is 2.35 bits per heavy atom. The summed E-state index contributed by atoms with van der Waals surface area (Å²) >= 11 is 0. The maximum absolute atomic E-state index is 13.5. The number of alkyl halides is 1. The van der Waals surface area contributed by atoms with E-state index < -0.39 is 29.8 Å². The van der Waals surface area contributed by atoms with Gasteiger partial charge in [0.05, 0.1) is 12.6 Å². The Labute approximate surface area is 96.4 Å². The highest BCUT2D eigenvalue weighted by Crippen LogP contribution is 2.20. The van der Waals surface area contributed by atoms with Crippen molar-refractivity contribution in [2.24, 2.45) is 5.73 Å². The van der Waals surface area contributed by atoms with Crippen molar-refractivity contribution in [2.45, 2.75) is 19.1 Å². The Bertz CT molecular complexity index is 391. The van der Waals surface area contributed by atoms with Crippen LogP contribution >= 0.6 is 0 Å². The third-order valence-electron chi connectivity index (χ3n) is 2.10. The van der Waals surface area contributed by atoms with Crippen LogP contribution in [0.5, 0.6) is 0 Å². The van der Waals surface area contributed by atoms with Gasteiger partial charge in [-0.05, 0) is 24.6 Å². The molecule has 0 bridgehead atoms. The lowest BCUT2D eigenvalue weighted by Crippen LogP contribution is -2.31. The molecule has 0 aromatic heterocycles. The van der Waals surface area contributed by atoms with Gasteiger partial charge in [-0.2, -0.15) is 0 Å². The number of ether oxygens (including phenoxy) is 1. The first-order valence-corrected chi connectivity index (χ1v) is 4.98. The first-order valence-electron chi connectivity index (χ1n) is 4.98. The van der Waals surface area contributed by atoms with Crippen molar-refractivity contribution in [3.8, 4) is 0 Å². The van der Waals surface area contributed by atoms with Gasteiger partial charge in [0, 0.05) is 6.07 Å². The largest absolute Gasteiger partial charge is 0.464 e. The maximum Gasteiger partial charge on any atom is 0.342 e. The van der Waals surface area contributed by atoms with E-state index in [-0.39, 0.29) is 12.2 Å². The zero-order valence-corrected chi connectivity index (χ0v) is 9.12. The number of carbonyl (C=O) groups excluding carboxylic acids is 1. The maximum atomic E-state index is 13.5. The van der Waals surface area contributed by atoms with E-state index in [1.165, 1.54) is 6.92 Å². The smallest absolute Gasteiger partial charge is 0.342 e. The SMILES string of the molecule is CCOC(=O)C(F)[C@@H](N)c1cc(F)cc(F)c1. The van der Waals surface area contributed by atoms with Crippen molar-refractivity contribution < 1.29 is 22.7 Å². The summed E-state index contributed by atoms with van der Waals surface area (Å²) < 4.78 is 43.6. The van der Waals surface area contributed by atoms with Crippen molar-refractivity contribution in [1.29, 1.82) is 0 Å². The van der Waals surface area contributed by atoms with E-state index in [1.54, 1.807) is 0 Å². The Morgan fingerprint density at radius 1 is 1.35 bits per heavy atom. The summed E-state index contributed by atoms with van der Waals surface area (Å²) in [6, 6.07) is 0.923. The van der Waals surface area contributed by atoms with Crippen molar-refractivity contribution in [3.05, 3.63) is 35.4 Å². The highest BCUT2D eigenvalue weighted by atomic mass is 19.1. The molecule has 94 valence electrons. The highest BCUT2D eigenvalue weighted by molar-refractivity contribution is 5.75. The molecule has 0 aliphatic carbocycles. The Morgan fingerprint density at radius 2 is 1.88 bits per heavy atom. The standard InChI is InChI=1S/C11H12F3NO2/c1-2-17-11(16)9(14)10(15)6-3-7(12)5-8(13)4-6/h3-5,9-10H,2,15H2,1H3/t9?,10-/m0/s1. The molecule has 3 nitrogen and oxygen atoms in total. The molecular formula is C11H12F3NO2. The average molecular weight is 247 g/mol. The number of hydrogen-bond acceptors (Lipinski definition) is 3. The van der Waals surface area contributed by atoms with E-state index >= 15 is 0 Å². The minimum absolute atomic E-state index is 0.00346. The van der Waals surface area contributed by atoms with Crippen LogP contribution in [0.1, 0.15) is 18.5 Å². The van der Waals surface area contributed by atoms with E-state index in [0.717, 1.165) is 12.1 Å². The Kier molecular flexibility index (Phi) is 4.51. The number of rotatable bonds is 4. The van der Waals surface area contributed by atoms with Gasteiger partial charge < -0.3 is 10.5 Å². The minimum atomic E-state index is -2.16. The molecule has 0 saturated heterocycles. The quantitative estimate of drug-likeness (QED) is 0.826. The summed E-state index contributed by atoms with van der Waals surface area (Å²) in [5.41, 5.74) is 5.26. The predicted molar refractivity (Wildman–Crippen MR) is 54.8 cm³/mol. The third kappa shape index (κ3) is 3.45. The van der Waals surface area contributed by atoms with Crippen molar-refractivity contribution in [2.75, 3.05) is 6.61 Å². The lowest BCUT2D eigenvalue weighted by atomic mass is 10.0. The summed E-state index contributed by atoms with van der Waals surface area (Å²) in [6.45, 7) is 1.52. The van der Waals surface area contributed by atoms with E-state index in [0.29, 0.717) is 6.07 Å². The fourth-order valence-corrected chi connectivity index (χ4v) is 1.31. The van der Waals surface area contributed by atoms with E-state index in [9.17, 15) is 18.0 Å². The molecule has 2 N–H and O–H groups in total. The van der Waals surface area contributed by atoms with Gasteiger partial charge in [0.2, 0.25) is 6.17 Å². The van der Waals surface area contributed by atoms with E-state index in [4.69, 9.17) is 5.73 Å². The molecule has 1 aromatic carbocycles. The summed E-state index contributed by atoms with van der Waals surface area (Å²) in [4.78, 5) is 11.1. The Balaban J connectivity index is 2.87. The molecule has 0 amide bonds. The first kappa shape index (κ1) is 13.5. The van der Waals surface area contributed by atoms with Crippen LogP contribution in [0, 0.1) is 11.6 Å². The lowest BCUT2D eigenvalue weighted by molar-refractivity contribution is -0.149. The second-order valence-electron chi connectivity index (χ2n) is 3.38. The monoisotopic (exact) mass is 247 g/mol. The minimum Gasteiger partial charge on any atom is -0.464 e. The molecular weight excluding hydrogens is 235 g/mol. The molecule has 0 fully saturated rings. The van der Waals surface area contributed by atoms with Crippen LogP contribution in [0.2, 0.25) is 0 Å². The van der Waals surface area contributed by atoms with Gasteiger partial charge >= 0.3 is 5.97 Å². The molecule has 0 aliphatic rings. The van der Waals surface area contributed by atoms with Gasteiger partial charge in [-0.3, -0.25) is 0 Å². The highest BCUT2D eigenvalue weighted by Gasteiger charge is 2.28. The van der Waals surface area contributed by atoms with Crippen LogP contribution in [0.15, 0.2) is 18.2 Å².